The van der Waals surface area contributed by atoms with Gasteiger partial charge in [-0.2, -0.15) is 0 Å². The van der Waals surface area contributed by atoms with Crippen molar-refractivity contribution in [1.29, 1.82) is 0 Å². The van der Waals surface area contributed by atoms with Crippen molar-refractivity contribution in [3.05, 3.63) is 47.0 Å². The molecule has 0 aliphatic carbocycles. The fraction of sp³-hybridized carbons (Fsp3) is 0.0667. The molecule has 1 N–H and O–H groups in total. The molecular weight excluding hydrogens is 304 g/mol. The first kappa shape index (κ1) is 12.6. The van der Waals surface area contributed by atoms with Crippen LogP contribution in [0.25, 0.3) is 19.5 Å². The number of aryl methyl sites for hydroxylation is 1. The molecule has 4 aromatic rings. The van der Waals surface area contributed by atoms with E-state index >= 15 is 0 Å². The summed E-state index contributed by atoms with van der Waals surface area (Å²) in [5.74, 6) is 0.961. The second-order valence-electron chi connectivity index (χ2n) is 4.68. The number of rotatable bonds is 2. The van der Waals surface area contributed by atoms with Gasteiger partial charge >= 0.3 is 0 Å². The highest BCUT2D eigenvalue weighted by Gasteiger charge is 2.15. The van der Waals surface area contributed by atoms with Crippen LogP contribution >= 0.6 is 22.7 Å². The van der Waals surface area contributed by atoms with Crippen LogP contribution < -0.4 is 5.32 Å². The van der Waals surface area contributed by atoms with Crippen molar-refractivity contribution in [2.24, 2.45) is 0 Å². The zero-order valence-corrected chi connectivity index (χ0v) is 12.7. The summed E-state index contributed by atoms with van der Waals surface area (Å²) in [6, 6.07) is 11.9. The molecule has 0 aliphatic rings. The summed E-state index contributed by atoms with van der Waals surface area (Å²) in [4.78, 5) is 12.9. The van der Waals surface area contributed by atoms with Gasteiger partial charge in [0.1, 0.15) is 5.76 Å². The highest BCUT2D eigenvalue weighted by molar-refractivity contribution is 7.33. The number of amides is 1. The van der Waals surface area contributed by atoms with Crippen LogP contribution in [0.2, 0.25) is 0 Å². The Labute approximate surface area is 128 Å². The average Bonchev–Trinajstić information content (AvgIpc) is 3.12. The number of anilines is 1. The maximum absolute atomic E-state index is 12.2. The molecule has 0 unspecified atom stereocenters. The molecule has 4 nitrogen and oxygen atoms in total. The van der Waals surface area contributed by atoms with Gasteiger partial charge in [-0.15, -0.1) is 22.7 Å². The Kier molecular flexibility index (Phi) is 2.80. The third-order valence-electron chi connectivity index (χ3n) is 3.14. The molecule has 0 saturated carbocycles. The number of carbonyl (C=O) groups excluding carboxylic acids is 1. The van der Waals surface area contributed by atoms with Crippen molar-refractivity contribution in [2.45, 2.75) is 6.92 Å². The van der Waals surface area contributed by atoms with Gasteiger partial charge < -0.3 is 9.84 Å². The minimum Gasteiger partial charge on any atom is -0.360 e. The quantitative estimate of drug-likeness (QED) is 0.585. The van der Waals surface area contributed by atoms with E-state index in [4.69, 9.17) is 4.52 Å². The zero-order chi connectivity index (χ0) is 14.4. The Hall–Kier alpha value is -2.18. The van der Waals surface area contributed by atoms with Crippen molar-refractivity contribution < 1.29 is 9.32 Å². The van der Waals surface area contributed by atoms with Gasteiger partial charge in [-0.25, -0.2) is 0 Å². The first-order chi connectivity index (χ1) is 10.2. The van der Waals surface area contributed by atoms with Crippen LogP contribution in [-0.2, 0) is 0 Å². The van der Waals surface area contributed by atoms with E-state index < -0.39 is 0 Å². The summed E-state index contributed by atoms with van der Waals surface area (Å²) in [6.07, 6.45) is 0. The molecule has 0 atom stereocenters. The third-order valence-corrected chi connectivity index (χ3v) is 5.56. The summed E-state index contributed by atoms with van der Waals surface area (Å²) in [5, 5.41) is 7.73. The lowest BCUT2D eigenvalue weighted by atomic mass is 10.2. The standard InChI is InChI=1S/C15H10N2O2S2/c1-8-6-13(17-19-8)16-15(18)12-7-11-14(21-12)9-4-2-3-5-10(9)20-11/h2-7H,1H3,(H,16,17,18). The summed E-state index contributed by atoms with van der Waals surface area (Å²) in [5.41, 5.74) is 0. The van der Waals surface area contributed by atoms with E-state index in [0.29, 0.717) is 16.5 Å². The maximum atomic E-state index is 12.2. The Morgan fingerprint density at radius 2 is 2.05 bits per heavy atom. The van der Waals surface area contributed by atoms with Gasteiger partial charge in [0.25, 0.3) is 5.91 Å². The molecule has 104 valence electrons. The Morgan fingerprint density at radius 1 is 1.19 bits per heavy atom. The maximum Gasteiger partial charge on any atom is 0.267 e. The monoisotopic (exact) mass is 314 g/mol. The summed E-state index contributed by atoms with van der Waals surface area (Å²) < 4.78 is 8.50. The normalized spacial score (nSPS) is 11.3. The fourth-order valence-electron chi connectivity index (χ4n) is 2.21. The Morgan fingerprint density at radius 3 is 2.86 bits per heavy atom. The topological polar surface area (TPSA) is 55.1 Å². The molecule has 0 saturated heterocycles. The van der Waals surface area contributed by atoms with E-state index in [9.17, 15) is 4.79 Å². The second-order valence-corrected chi connectivity index (χ2v) is 6.82. The molecule has 21 heavy (non-hydrogen) atoms. The van der Waals surface area contributed by atoms with E-state index in [-0.39, 0.29) is 5.91 Å². The van der Waals surface area contributed by atoms with Gasteiger partial charge in [-0.3, -0.25) is 4.79 Å². The van der Waals surface area contributed by atoms with E-state index in [1.54, 1.807) is 24.3 Å². The van der Waals surface area contributed by atoms with Gasteiger partial charge in [0.2, 0.25) is 0 Å². The third kappa shape index (κ3) is 2.12. The van der Waals surface area contributed by atoms with Crippen LogP contribution in [0.4, 0.5) is 5.82 Å². The van der Waals surface area contributed by atoms with Gasteiger partial charge in [-0.05, 0) is 19.1 Å². The van der Waals surface area contributed by atoms with Crippen LogP contribution in [0.15, 0.2) is 40.9 Å². The minimum absolute atomic E-state index is 0.152. The first-order valence-corrected chi connectivity index (χ1v) is 8.00. The summed E-state index contributed by atoms with van der Waals surface area (Å²) >= 11 is 3.21. The molecule has 3 heterocycles. The summed E-state index contributed by atoms with van der Waals surface area (Å²) in [7, 11) is 0. The Balaban J connectivity index is 1.71. The predicted molar refractivity (Wildman–Crippen MR) is 86.4 cm³/mol. The molecule has 0 bridgehead atoms. The van der Waals surface area contributed by atoms with Gasteiger partial charge in [0.15, 0.2) is 5.82 Å². The first-order valence-electron chi connectivity index (χ1n) is 6.36. The number of aromatic nitrogens is 1. The van der Waals surface area contributed by atoms with Crippen LogP contribution in [0.5, 0.6) is 0 Å². The zero-order valence-electron chi connectivity index (χ0n) is 11.0. The molecule has 1 amide bonds. The van der Waals surface area contributed by atoms with Crippen LogP contribution in [0, 0.1) is 6.92 Å². The molecule has 1 aromatic carbocycles. The van der Waals surface area contributed by atoms with Crippen molar-refractivity contribution in [1.82, 2.24) is 5.16 Å². The fourth-order valence-corrected chi connectivity index (χ4v) is 4.63. The van der Waals surface area contributed by atoms with E-state index in [0.717, 1.165) is 9.40 Å². The minimum atomic E-state index is -0.152. The van der Waals surface area contributed by atoms with E-state index in [1.165, 1.54) is 21.4 Å². The molecule has 0 fully saturated rings. The van der Waals surface area contributed by atoms with Crippen molar-refractivity contribution in [3.8, 4) is 0 Å². The van der Waals surface area contributed by atoms with Crippen molar-refractivity contribution in [3.63, 3.8) is 0 Å². The molecule has 0 aliphatic heterocycles. The number of fused-ring (bicyclic) bond motifs is 3. The Bertz CT molecular complexity index is 964. The number of nitrogens with one attached hydrogen (secondary N) is 1. The number of nitrogens with zero attached hydrogens (tertiary/aromatic N) is 1. The van der Waals surface area contributed by atoms with Crippen LogP contribution in [0.1, 0.15) is 15.4 Å². The predicted octanol–water partition coefficient (Wildman–Crippen LogP) is 4.66. The smallest absolute Gasteiger partial charge is 0.267 e. The van der Waals surface area contributed by atoms with E-state index in [2.05, 4.69) is 22.6 Å². The molecule has 0 radical (unpaired) electrons. The van der Waals surface area contributed by atoms with Gasteiger partial charge in [0, 0.05) is 20.9 Å². The number of carbonyl (C=O) groups is 1. The average molecular weight is 314 g/mol. The largest absolute Gasteiger partial charge is 0.360 e. The van der Waals surface area contributed by atoms with Crippen LogP contribution in [-0.4, -0.2) is 11.1 Å². The lowest BCUT2D eigenvalue weighted by Crippen LogP contribution is -2.10. The highest BCUT2D eigenvalue weighted by atomic mass is 32.1. The second kappa shape index (κ2) is 4.68. The number of benzene rings is 1. The van der Waals surface area contributed by atoms with Crippen molar-refractivity contribution in [2.75, 3.05) is 5.32 Å². The molecule has 3 aromatic heterocycles. The summed E-state index contributed by atoms with van der Waals surface area (Å²) in [6.45, 7) is 1.79. The SMILES string of the molecule is Cc1cc(NC(=O)c2cc3sc4ccccc4c3s2)no1. The highest BCUT2D eigenvalue weighted by Crippen LogP contribution is 2.39. The lowest BCUT2D eigenvalue weighted by Gasteiger charge is -1.96. The number of thiophene rings is 2. The molecule has 6 heteroatoms. The van der Waals surface area contributed by atoms with Gasteiger partial charge in [0.05, 0.1) is 9.58 Å². The molecule has 0 spiro atoms. The molecule has 4 rings (SSSR count). The van der Waals surface area contributed by atoms with Gasteiger partial charge in [-0.1, -0.05) is 23.4 Å². The lowest BCUT2D eigenvalue weighted by molar-refractivity contribution is 0.102. The number of hydrogen-bond donors (Lipinski definition) is 1. The molecular formula is C15H10N2O2S2. The van der Waals surface area contributed by atoms with Crippen molar-refractivity contribution >= 4 is 53.9 Å². The number of hydrogen-bond acceptors (Lipinski definition) is 5. The van der Waals surface area contributed by atoms with Crippen LogP contribution in [0.3, 0.4) is 0 Å². The van der Waals surface area contributed by atoms with E-state index in [1.807, 2.05) is 18.2 Å².